The van der Waals surface area contributed by atoms with Crippen molar-refractivity contribution in [2.45, 2.75) is 39.2 Å². The summed E-state index contributed by atoms with van der Waals surface area (Å²) < 4.78 is 2.16. The van der Waals surface area contributed by atoms with Crippen molar-refractivity contribution in [3.63, 3.8) is 0 Å². The largest absolute Gasteiger partial charge is 0.396 e. The molecule has 0 radical (unpaired) electrons. The molecule has 1 fully saturated rings. The Kier molecular flexibility index (Phi) is 3.69. The van der Waals surface area contributed by atoms with Gasteiger partial charge in [0.1, 0.15) is 0 Å². The predicted molar refractivity (Wildman–Crippen MR) is 81.6 cm³/mol. The van der Waals surface area contributed by atoms with Crippen LogP contribution < -0.4 is 0 Å². The van der Waals surface area contributed by atoms with Crippen LogP contribution in [0.3, 0.4) is 0 Å². The van der Waals surface area contributed by atoms with E-state index >= 15 is 0 Å². The van der Waals surface area contributed by atoms with Gasteiger partial charge in [0, 0.05) is 13.2 Å². The summed E-state index contributed by atoms with van der Waals surface area (Å²) in [6, 6.07) is 7.82. The Balaban J connectivity index is 1.89. The van der Waals surface area contributed by atoms with E-state index in [1.165, 1.54) is 12.8 Å². The SMILES string of the molecule is CC1(Cn2cnc3ccc(C#N)cc32)CCCC(CO)C1. The number of aliphatic hydroxyl groups is 1. The number of aromatic nitrogens is 2. The zero-order chi connectivity index (χ0) is 14.9. The highest BCUT2D eigenvalue weighted by molar-refractivity contribution is 5.76. The molecule has 1 heterocycles. The monoisotopic (exact) mass is 283 g/mol. The van der Waals surface area contributed by atoms with Crippen LogP contribution in [0.4, 0.5) is 0 Å². The van der Waals surface area contributed by atoms with E-state index in [-0.39, 0.29) is 5.41 Å². The zero-order valence-electron chi connectivity index (χ0n) is 12.4. The minimum atomic E-state index is 0.196. The maximum absolute atomic E-state index is 9.43. The molecular weight excluding hydrogens is 262 g/mol. The number of benzene rings is 1. The highest BCUT2D eigenvalue weighted by Gasteiger charge is 2.32. The van der Waals surface area contributed by atoms with Crippen molar-refractivity contribution in [1.82, 2.24) is 9.55 Å². The third kappa shape index (κ3) is 2.79. The second kappa shape index (κ2) is 5.50. The molecule has 1 aliphatic rings. The van der Waals surface area contributed by atoms with E-state index in [0.717, 1.165) is 30.4 Å². The summed E-state index contributed by atoms with van der Waals surface area (Å²) in [6.07, 6.45) is 6.43. The van der Waals surface area contributed by atoms with E-state index in [1.54, 1.807) is 0 Å². The summed E-state index contributed by atoms with van der Waals surface area (Å²) >= 11 is 0. The minimum absolute atomic E-state index is 0.196. The van der Waals surface area contributed by atoms with Crippen LogP contribution >= 0.6 is 0 Å². The predicted octanol–water partition coefficient (Wildman–Crippen LogP) is 3.10. The lowest BCUT2D eigenvalue weighted by Crippen LogP contribution is -2.31. The fourth-order valence-corrected chi connectivity index (χ4v) is 3.68. The lowest BCUT2D eigenvalue weighted by molar-refractivity contribution is 0.0935. The van der Waals surface area contributed by atoms with Gasteiger partial charge < -0.3 is 9.67 Å². The zero-order valence-corrected chi connectivity index (χ0v) is 12.4. The summed E-state index contributed by atoms with van der Waals surface area (Å²) in [7, 11) is 0. The molecule has 0 aliphatic heterocycles. The van der Waals surface area contributed by atoms with Gasteiger partial charge in [-0.3, -0.25) is 0 Å². The molecule has 21 heavy (non-hydrogen) atoms. The average Bonchev–Trinajstić information content (AvgIpc) is 2.88. The highest BCUT2D eigenvalue weighted by atomic mass is 16.3. The molecule has 1 aliphatic carbocycles. The van der Waals surface area contributed by atoms with E-state index < -0.39 is 0 Å². The second-order valence-electron chi connectivity index (χ2n) is 6.64. The molecule has 0 bridgehead atoms. The molecular formula is C17H21N3O. The van der Waals surface area contributed by atoms with Crippen LogP contribution in [0.2, 0.25) is 0 Å². The first kappa shape index (κ1) is 14.1. The topological polar surface area (TPSA) is 61.8 Å². The van der Waals surface area contributed by atoms with Gasteiger partial charge in [-0.1, -0.05) is 13.3 Å². The summed E-state index contributed by atoms with van der Waals surface area (Å²) in [6.45, 7) is 3.49. The Morgan fingerprint density at radius 1 is 1.52 bits per heavy atom. The fraction of sp³-hybridized carbons (Fsp3) is 0.529. The van der Waals surface area contributed by atoms with Crippen molar-refractivity contribution < 1.29 is 5.11 Å². The number of fused-ring (bicyclic) bond motifs is 1. The molecule has 110 valence electrons. The lowest BCUT2D eigenvalue weighted by atomic mass is 9.71. The molecule has 1 saturated carbocycles. The van der Waals surface area contributed by atoms with Crippen molar-refractivity contribution in [3.8, 4) is 6.07 Å². The Morgan fingerprint density at radius 3 is 3.14 bits per heavy atom. The molecule has 1 aromatic heterocycles. The molecule has 2 atom stereocenters. The molecule has 4 heteroatoms. The number of nitriles is 1. The van der Waals surface area contributed by atoms with E-state index in [0.29, 0.717) is 18.1 Å². The number of hydrogen-bond donors (Lipinski definition) is 1. The van der Waals surface area contributed by atoms with Gasteiger partial charge in [-0.2, -0.15) is 5.26 Å². The molecule has 2 unspecified atom stereocenters. The van der Waals surface area contributed by atoms with Crippen molar-refractivity contribution >= 4 is 11.0 Å². The Morgan fingerprint density at radius 2 is 2.38 bits per heavy atom. The van der Waals surface area contributed by atoms with Crippen molar-refractivity contribution in [2.24, 2.45) is 11.3 Å². The molecule has 0 saturated heterocycles. The standard InChI is InChI=1S/C17H21N3O/c1-17(6-2-3-14(8-17)10-21)11-20-12-19-15-5-4-13(9-18)7-16(15)20/h4-5,7,12,14,21H,2-3,6,8,10-11H2,1H3. The quantitative estimate of drug-likeness (QED) is 0.941. The van der Waals surface area contributed by atoms with Gasteiger partial charge >= 0.3 is 0 Å². The Hall–Kier alpha value is -1.86. The molecule has 0 spiro atoms. The number of aliphatic hydroxyl groups excluding tert-OH is 1. The summed E-state index contributed by atoms with van der Waals surface area (Å²) in [4.78, 5) is 4.43. The maximum Gasteiger partial charge on any atom is 0.0992 e. The molecule has 3 rings (SSSR count). The lowest BCUT2D eigenvalue weighted by Gasteiger charge is -2.38. The number of imidazole rings is 1. The van der Waals surface area contributed by atoms with Crippen LogP contribution in [0.25, 0.3) is 11.0 Å². The van der Waals surface area contributed by atoms with Gasteiger partial charge in [0.25, 0.3) is 0 Å². The summed E-state index contributed by atoms with van der Waals surface area (Å²) in [5.74, 6) is 0.424. The number of nitrogens with zero attached hydrogens (tertiary/aromatic N) is 3. The van der Waals surface area contributed by atoms with Crippen molar-refractivity contribution in [3.05, 3.63) is 30.1 Å². The number of rotatable bonds is 3. The highest BCUT2D eigenvalue weighted by Crippen LogP contribution is 2.40. The van der Waals surface area contributed by atoms with Gasteiger partial charge in [-0.25, -0.2) is 4.98 Å². The Bertz CT molecular complexity index is 685. The van der Waals surface area contributed by atoms with E-state index in [2.05, 4.69) is 22.5 Å². The third-order valence-electron chi connectivity index (χ3n) is 4.73. The average molecular weight is 283 g/mol. The first-order valence-corrected chi connectivity index (χ1v) is 7.59. The number of hydrogen-bond acceptors (Lipinski definition) is 3. The minimum Gasteiger partial charge on any atom is -0.396 e. The molecule has 1 N–H and O–H groups in total. The van der Waals surface area contributed by atoms with E-state index in [1.807, 2.05) is 24.5 Å². The molecule has 4 nitrogen and oxygen atoms in total. The van der Waals surface area contributed by atoms with Gasteiger partial charge in [0.15, 0.2) is 0 Å². The van der Waals surface area contributed by atoms with Gasteiger partial charge in [-0.15, -0.1) is 0 Å². The molecule has 2 aromatic rings. The first-order valence-electron chi connectivity index (χ1n) is 7.59. The van der Waals surface area contributed by atoms with E-state index in [4.69, 9.17) is 5.26 Å². The van der Waals surface area contributed by atoms with Crippen LogP contribution in [-0.2, 0) is 6.54 Å². The van der Waals surface area contributed by atoms with Crippen LogP contribution in [0.5, 0.6) is 0 Å². The van der Waals surface area contributed by atoms with Crippen LogP contribution in [-0.4, -0.2) is 21.3 Å². The third-order valence-corrected chi connectivity index (χ3v) is 4.73. The molecule has 0 amide bonds. The van der Waals surface area contributed by atoms with Crippen LogP contribution in [0.1, 0.15) is 38.2 Å². The normalized spacial score (nSPS) is 25.9. The smallest absolute Gasteiger partial charge is 0.0992 e. The fourth-order valence-electron chi connectivity index (χ4n) is 3.68. The Labute approximate surface area is 125 Å². The van der Waals surface area contributed by atoms with Gasteiger partial charge in [0.05, 0.1) is 29.0 Å². The van der Waals surface area contributed by atoms with Crippen molar-refractivity contribution in [1.29, 1.82) is 5.26 Å². The van der Waals surface area contributed by atoms with Gasteiger partial charge in [-0.05, 0) is 48.8 Å². The summed E-state index contributed by atoms with van der Waals surface area (Å²) in [5.41, 5.74) is 2.84. The summed E-state index contributed by atoms with van der Waals surface area (Å²) in [5, 5.41) is 18.5. The van der Waals surface area contributed by atoms with Crippen LogP contribution in [0, 0.1) is 22.7 Å². The molecule has 1 aromatic carbocycles. The maximum atomic E-state index is 9.43. The second-order valence-corrected chi connectivity index (χ2v) is 6.64. The van der Waals surface area contributed by atoms with E-state index in [9.17, 15) is 5.11 Å². The van der Waals surface area contributed by atoms with Crippen molar-refractivity contribution in [2.75, 3.05) is 6.61 Å². The first-order chi connectivity index (χ1) is 10.1. The van der Waals surface area contributed by atoms with Crippen LogP contribution in [0.15, 0.2) is 24.5 Å². The van der Waals surface area contributed by atoms with Gasteiger partial charge in [0.2, 0.25) is 0 Å².